The Hall–Kier alpha value is -2.89. The highest BCUT2D eigenvalue weighted by Gasteiger charge is 2.00. The molecule has 2 aromatic carbocycles. The zero-order chi connectivity index (χ0) is 18.6. The molecule has 26 heavy (non-hydrogen) atoms. The van der Waals surface area contributed by atoms with Crippen molar-refractivity contribution in [1.29, 1.82) is 0 Å². The summed E-state index contributed by atoms with van der Waals surface area (Å²) in [6.07, 6.45) is 3.12. The van der Waals surface area contributed by atoms with Gasteiger partial charge in [-0.3, -0.25) is 4.79 Å². The molecule has 0 fully saturated rings. The number of ether oxygens (including phenoxy) is 3. The van der Waals surface area contributed by atoms with Gasteiger partial charge >= 0.3 is 5.97 Å². The van der Waals surface area contributed by atoms with Gasteiger partial charge in [-0.15, -0.1) is 0 Å². The molecule has 6 heteroatoms. The van der Waals surface area contributed by atoms with Crippen LogP contribution in [0, 0.1) is 0 Å². The highest BCUT2D eigenvalue weighted by molar-refractivity contribution is 5.68. The summed E-state index contributed by atoms with van der Waals surface area (Å²) >= 11 is 0. The number of esters is 1. The number of methoxy groups -OCH3 is 2. The number of carbonyl (C=O) groups excluding carboxylic acids is 1. The van der Waals surface area contributed by atoms with Crippen LogP contribution in [0.15, 0.2) is 58.8 Å². The van der Waals surface area contributed by atoms with Crippen molar-refractivity contribution < 1.29 is 19.0 Å². The standard InChI is InChI=1S/C20H24N2O4/c1-24-18-11-7-16(8-12-18)21-22-17-9-13-19(14-10-17)26-15-5-3-4-6-20(23)25-2/h7-14H,3-6,15H2,1-2H3. The van der Waals surface area contributed by atoms with Gasteiger partial charge in [0, 0.05) is 6.42 Å². The minimum atomic E-state index is -0.162. The summed E-state index contributed by atoms with van der Waals surface area (Å²) in [5.74, 6) is 1.42. The van der Waals surface area contributed by atoms with Crippen LogP contribution in [0.5, 0.6) is 11.5 Å². The van der Waals surface area contributed by atoms with E-state index in [-0.39, 0.29) is 5.97 Å². The molecule has 0 radical (unpaired) electrons. The zero-order valence-electron chi connectivity index (χ0n) is 15.2. The van der Waals surface area contributed by atoms with Crippen molar-refractivity contribution in [2.75, 3.05) is 20.8 Å². The molecule has 138 valence electrons. The summed E-state index contributed by atoms with van der Waals surface area (Å²) < 4.78 is 15.4. The van der Waals surface area contributed by atoms with Gasteiger partial charge in [-0.05, 0) is 67.8 Å². The molecule has 0 heterocycles. The van der Waals surface area contributed by atoms with Gasteiger partial charge in [-0.25, -0.2) is 0 Å². The molecule has 0 atom stereocenters. The van der Waals surface area contributed by atoms with Gasteiger partial charge in [0.25, 0.3) is 0 Å². The van der Waals surface area contributed by atoms with Gasteiger partial charge in [-0.2, -0.15) is 10.2 Å². The maximum atomic E-state index is 11.0. The van der Waals surface area contributed by atoms with Gasteiger partial charge in [0.1, 0.15) is 11.5 Å². The van der Waals surface area contributed by atoms with E-state index in [1.807, 2.05) is 48.5 Å². The lowest BCUT2D eigenvalue weighted by Gasteiger charge is -2.06. The number of rotatable bonds is 10. The number of azo groups is 1. The largest absolute Gasteiger partial charge is 0.497 e. The Bertz CT molecular complexity index is 697. The van der Waals surface area contributed by atoms with Crippen molar-refractivity contribution in [2.45, 2.75) is 25.7 Å². The number of benzene rings is 2. The molecule has 0 spiro atoms. The van der Waals surface area contributed by atoms with Crippen LogP contribution in [0.4, 0.5) is 11.4 Å². The third-order valence-corrected chi connectivity index (χ3v) is 3.71. The van der Waals surface area contributed by atoms with Gasteiger partial charge in [-0.1, -0.05) is 0 Å². The fourth-order valence-corrected chi connectivity index (χ4v) is 2.21. The van der Waals surface area contributed by atoms with E-state index >= 15 is 0 Å². The molecule has 0 aliphatic heterocycles. The van der Waals surface area contributed by atoms with Crippen molar-refractivity contribution in [1.82, 2.24) is 0 Å². The lowest BCUT2D eigenvalue weighted by molar-refractivity contribution is -0.140. The van der Waals surface area contributed by atoms with Crippen molar-refractivity contribution in [3.8, 4) is 11.5 Å². The molecule has 0 saturated carbocycles. The molecule has 0 unspecified atom stereocenters. The second kappa shape index (κ2) is 10.9. The van der Waals surface area contributed by atoms with Gasteiger partial charge in [0.05, 0.1) is 32.2 Å². The summed E-state index contributed by atoms with van der Waals surface area (Å²) in [4.78, 5) is 11.0. The Morgan fingerprint density at radius 3 is 1.92 bits per heavy atom. The minimum Gasteiger partial charge on any atom is -0.497 e. The normalized spacial score (nSPS) is 10.7. The van der Waals surface area contributed by atoms with E-state index in [9.17, 15) is 4.79 Å². The first-order valence-corrected chi connectivity index (χ1v) is 8.57. The van der Waals surface area contributed by atoms with Crippen LogP contribution in [-0.2, 0) is 9.53 Å². The third-order valence-electron chi connectivity index (χ3n) is 3.71. The maximum absolute atomic E-state index is 11.0. The Labute approximate surface area is 153 Å². The molecule has 6 nitrogen and oxygen atoms in total. The van der Waals surface area contributed by atoms with Crippen LogP contribution in [0.25, 0.3) is 0 Å². The predicted molar refractivity (Wildman–Crippen MR) is 99.6 cm³/mol. The minimum absolute atomic E-state index is 0.162. The Morgan fingerprint density at radius 1 is 0.808 bits per heavy atom. The van der Waals surface area contributed by atoms with Gasteiger partial charge in [0.2, 0.25) is 0 Å². The van der Waals surface area contributed by atoms with Crippen LogP contribution < -0.4 is 9.47 Å². The summed E-state index contributed by atoms with van der Waals surface area (Å²) in [7, 11) is 3.04. The Morgan fingerprint density at radius 2 is 1.38 bits per heavy atom. The Balaban J connectivity index is 1.72. The van der Waals surface area contributed by atoms with Gasteiger partial charge < -0.3 is 14.2 Å². The zero-order valence-corrected chi connectivity index (χ0v) is 15.2. The second-order valence-corrected chi connectivity index (χ2v) is 5.63. The summed E-state index contributed by atoms with van der Waals surface area (Å²) in [5, 5.41) is 8.39. The van der Waals surface area contributed by atoms with E-state index in [2.05, 4.69) is 15.0 Å². The number of hydrogen-bond donors (Lipinski definition) is 0. The average Bonchev–Trinajstić information content (AvgIpc) is 2.70. The molecule has 0 aromatic heterocycles. The summed E-state index contributed by atoms with van der Waals surface area (Å²) in [5.41, 5.74) is 1.52. The molecular formula is C20H24N2O4. The highest BCUT2D eigenvalue weighted by Crippen LogP contribution is 2.23. The number of unbranched alkanes of at least 4 members (excludes halogenated alkanes) is 2. The fourth-order valence-electron chi connectivity index (χ4n) is 2.21. The third kappa shape index (κ3) is 6.93. The summed E-state index contributed by atoms with van der Waals surface area (Å²) in [6.45, 7) is 0.619. The van der Waals surface area contributed by atoms with Crippen molar-refractivity contribution >= 4 is 17.3 Å². The highest BCUT2D eigenvalue weighted by atomic mass is 16.5. The smallest absolute Gasteiger partial charge is 0.305 e. The van der Waals surface area contributed by atoms with E-state index in [4.69, 9.17) is 9.47 Å². The SMILES string of the molecule is COC(=O)CCCCCOc1ccc(N=Nc2ccc(OC)cc2)cc1. The van der Waals surface area contributed by atoms with Crippen LogP contribution in [0.1, 0.15) is 25.7 Å². The molecule has 0 aliphatic rings. The molecular weight excluding hydrogens is 332 g/mol. The number of nitrogens with zero attached hydrogens (tertiary/aromatic N) is 2. The van der Waals surface area contributed by atoms with E-state index < -0.39 is 0 Å². The first kappa shape index (κ1) is 19.4. The Kier molecular flexibility index (Phi) is 8.12. The molecule has 0 aliphatic carbocycles. The lowest BCUT2D eigenvalue weighted by atomic mass is 10.2. The molecule has 0 amide bonds. The van der Waals surface area contributed by atoms with Crippen molar-refractivity contribution in [3.63, 3.8) is 0 Å². The molecule has 2 aromatic rings. The average molecular weight is 356 g/mol. The first-order valence-electron chi connectivity index (χ1n) is 8.57. The fraction of sp³-hybridized carbons (Fsp3) is 0.350. The van der Waals surface area contributed by atoms with Gasteiger partial charge in [0.15, 0.2) is 0 Å². The summed E-state index contributed by atoms with van der Waals surface area (Å²) in [6, 6.07) is 14.8. The molecule has 2 rings (SSSR count). The van der Waals surface area contributed by atoms with Crippen LogP contribution in [-0.4, -0.2) is 26.8 Å². The van der Waals surface area contributed by atoms with E-state index in [0.717, 1.165) is 42.1 Å². The number of carbonyl (C=O) groups is 1. The predicted octanol–water partition coefficient (Wildman–Crippen LogP) is 5.22. The van der Waals surface area contributed by atoms with Crippen molar-refractivity contribution in [3.05, 3.63) is 48.5 Å². The second-order valence-electron chi connectivity index (χ2n) is 5.63. The maximum Gasteiger partial charge on any atom is 0.305 e. The monoisotopic (exact) mass is 356 g/mol. The molecule has 0 saturated heterocycles. The van der Waals surface area contributed by atoms with Crippen LogP contribution >= 0.6 is 0 Å². The topological polar surface area (TPSA) is 69.5 Å². The molecule has 0 bridgehead atoms. The van der Waals surface area contributed by atoms with E-state index in [1.54, 1.807) is 7.11 Å². The molecule has 0 N–H and O–H groups in total. The van der Waals surface area contributed by atoms with E-state index in [0.29, 0.717) is 13.0 Å². The lowest BCUT2D eigenvalue weighted by Crippen LogP contribution is -2.01. The van der Waals surface area contributed by atoms with Crippen LogP contribution in [0.3, 0.4) is 0 Å². The number of hydrogen-bond acceptors (Lipinski definition) is 6. The van der Waals surface area contributed by atoms with Crippen LogP contribution in [0.2, 0.25) is 0 Å². The van der Waals surface area contributed by atoms with Crippen molar-refractivity contribution in [2.24, 2.45) is 10.2 Å². The quantitative estimate of drug-likeness (QED) is 0.332. The van der Waals surface area contributed by atoms with E-state index in [1.165, 1.54) is 7.11 Å². The first-order chi connectivity index (χ1) is 12.7.